The Bertz CT molecular complexity index is 468. The van der Waals surface area contributed by atoms with E-state index >= 15 is 0 Å². The molecule has 110 valence electrons. The van der Waals surface area contributed by atoms with E-state index in [1.807, 2.05) is 25.1 Å². The Balaban J connectivity index is 1.76. The number of carbonyl (C=O) groups excluding carboxylic acids is 1. The molecule has 0 aromatic heterocycles. The second kappa shape index (κ2) is 7.23. The van der Waals surface area contributed by atoms with Crippen LogP contribution in [-0.4, -0.2) is 37.0 Å². The van der Waals surface area contributed by atoms with Crippen molar-refractivity contribution in [2.75, 3.05) is 26.2 Å². The summed E-state index contributed by atoms with van der Waals surface area (Å²) in [5.74, 6) is 0.863. The van der Waals surface area contributed by atoms with Gasteiger partial charge in [-0.3, -0.25) is 4.79 Å². The Morgan fingerprint density at radius 2 is 2.10 bits per heavy atom. The van der Waals surface area contributed by atoms with Crippen molar-refractivity contribution in [1.82, 2.24) is 10.2 Å². The number of aryl methyl sites for hydroxylation is 1. The molecule has 1 heterocycles. The highest BCUT2D eigenvalue weighted by molar-refractivity contribution is 9.10. The second-order valence-corrected chi connectivity index (χ2v) is 6.60. The monoisotopic (exact) mass is 338 g/mol. The standard InChI is InChI=1S/C16H23BrN2O/c1-12-5-8-19(9-6-12)10-7-18-16(20)14-4-3-13(2)15(17)11-14/h3-4,11-12H,5-10H2,1-2H3,(H,18,20). The Hall–Kier alpha value is -0.870. The first kappa shape index (κ1) is 15.5. The molecule has 0 radical (unpaired) electrons. The van der Waals surface area contributed by atoms with E-state index in [1.54, 1.807) is 0 Å². The summed E-state index contributed by atoms with van der Waals surface area (Å²) in [5, 5.41) is 3.00. The molecule has 1 aliphatic heterocycles. The summed E-state index contributed by atoms with van der Waals surface area (Å²) >= 11 is 3.46. The van der Waals surface area contributed by atoms with E-state index in [4.69, 9.17) is 0 Å². The van der Waals surface area contributed by atoms with Gasteiger partial charge in [0, 0.05) is 23.1 Å². The van der Waals surface area contributed by atoms with E-state index in [-0.39, 0.29) is 5.91 Å². The molecular weight excluding hydrogens is 316 g/mol. The van der Waals surface area contributed by atoms with Crippen molar-refractivity contribution in [3.63, 3.8) is 0 Å². The number of nitrogens with one attached hydrogen (secondary N) is 1. The normalized spacial score (nSPS) is 17.1. The van der Waals surface area contributed by atoms with E-state index in [9.17, 15) is 4.79 Å². The lowest BCUT2D eigenvalue weighted by molar-refractivity contribution is 0.0944. The fourth-order valence-corrected chi connectivity index (χ4v) is 2.83. The van der Waals surface area contributed by atoms with Gasteiger partial charge in [0.25, 0.3) is 5.91 Å². The van der Waals surface area contributed by atoms with Crippen LogP contribution in [0.2, 0.25) is 0 Å². The van der Waals surface area contributed by atoms with Crippen molar-refractivity contribution in [2.24, 2.45) is 5.92 Å². The summed E-state index contributed by atoms with van der Waals surface area (Å²) in [7, 11) is 0. The van der Waals surface area contributed by atoms with Gasteiger partial charge in [0.05, 0.1) is 0 Å². The zero-order chi connectivity index (χ0) is 14.5. The molecule has 1 aliphatic rings. The summed E-state index contributed by atoms with van der Waals surface area (Å²) in [4.78, 5) is 14.5. The van der Waals surface area contributed by atoms with Gasteiger partial charge in [-0.25, -0.2) is 0 Å². The van der Waals surface area contributed by atoms with Crippen LogP contribution in [0.25, 0.3) is 0 Å². The van der Waals surface area contributed by atoms with Crippen molar-refractivity contribution in [2.45, 2.75) is 26.7 Å². The van der Waals surface area contributed by atoms with Crippen LogP contribution in [0, 0.1) is 12.8 Å². The fourth-order valence-electron chi connectivity index (χ4n) is 2.45. The van der Waals surface area contributed by atoms with Crippen LogP contribution in [0.3, 0.4) is 0 Å². The Morgan fingerprint density at radius 1 is 1.40 bits per heavy atom. The van der Waals surface area contributed by atoms with Gasteiger partial charge in [-0.2, -0.15) is 0 Å². The first-order valence-corrected chi connectivity index (χ1v) is 8.12. The minimum absolute atomic E-state index is 0.0103. The topological polar surface area (TPSA) is 32.3 Å². The highest BCUT2D eigenvalue weighted by Gasteiger charge is 2.15. The lowest BCUT2D eigenvalue weighted by Crippen LogP contribution is -2.39. The summed E-state index contributed by atoms with van der Waals surface area (Å²) in [6, 6.07) is 5.72. The van der Waals surface area contributed by atoms with Gasteiger partial charge in [-0.05, 0) is 56.5 Å². The number of rotatable bonds is 4. The Labute approximate surface area is 129 Å². The number of halogens is 1. The third kappa shape index (κ3) is 4.32. The molecule has 0 unspecified atom stereocenters. The molecule has 2 rings (SSSR count). The van der Waals surface area contributed by atoms with Crippen LogP contribution in [0.15, 0.2) is 22.7 Å². The molecule has 1 fully saturated rings. The summed E-state index contributed by atoms with van der Waals surface area (Å²) < 4.78 is 0.982. The summed E-state index contributed by atoms with van der Waals surface area (Å²) in [6.07, 6.45) is 2.55. The maximum atomic E-state index is 12.1. The van der Waals surface area contributed by atoms with Crippen molar-refractivity contribution < 1.29 is 4.79 Å². The summed E-state index contributed by atoms with van der Waals surface area (Å²) in [6.45, 7) is 8.32. The van der Waals surface area contributed by atoms with Gasteiger partial charge in [0.1, 0.15) is 0 Å². The smallest absolute Gasteiger partial charge is 0.251 e. The molecule has 1 N–H and O–H groups in total. The molecule has 3 nitrogen and oxygen atoms in total. The van der Waals surface area contributed by atoms with Crippen molar-refractivity contribution in [1.29, 1.82) is 0 Å². The largest absolute Gasteiger partial charge is 0.351 e. The number of likely N-dealkylation sites (tertiary alicyclic amines) is 1. The number of nitrogens with zero attached hydrogens (tertiary/aromatic N) is 1. The molecule has 1 amide bonds. The zero-order valence-corrected chi connectivity index (χ0v) is 13.9. The van der Waals surface area contributed by atoms with Crippen molar-refractivity contribution in [3.8, 4) is 0 Å². The van der Waals surface area contributed by atoms with Gasteiger partial charge >= 0.3 is 0 Å². The second-order valence-electron chi connectivity index (χ2n) is 5.74. The van der Waals surface area contributed by atoms with Crippen LogP contribution >= 0.6 is 15.9 Å². The predicted octanol–water partition coefficient (Wildman–Crippen LogP) is 3.22. The fraction of sp³-hybridized carbons (Fsp3) is 0.562. The predicted molar refractivity (Wildman–Crippen MR) is 86.1 cm³/mol. The van der Waals surface area contributed by atoms with Gasteiger partial charge in [-0.1, -0.05) is 28.9 Å². The van der Waals surface area contributed by atoms with Gasteiger partial charge in [-0.15, -0.1) is 0 Å². The number of benzene rings is 1. The molecule has 0 aliphatic carbocycles. The summed E-state index contributed by atoms with van der Waals surface area (Å²) in [5.41, 5.74) is 1.86. The van der Waals surface area contributed by atoms with E-state index in [0.717, 1.165) is 47.7 Å². The number of amides is 1. The Kier molecular flexibility index (Phi) is 5.61. The Morgan fingerprint density at radius 3 is 2.75 bits per heavy atom. The van der Waals surface area contributed by atoms with E-state index in [2.05, 4.69) is 33.1 Å². The van der Waals surface area contributed by atoms with E-state index < -0.39 is 0 Å². The number of piperidine rings is 1. The highest BCUT2D eigenvalue weighted by Crippen LogP contribution is 2.17. The lowest BCUT2D eigenvalue weighted by atomic mass is 9.99. The molecule has 1 aromatic rings. The van der Waals surface area contributed by atoms with Crippen LogP contribution in [0.5, 0.6) is 0 Å². The molecule has 1 saturated heterocycles. The third-order valence-corrected chi connectivity index (χ3v) is 4.88. The molecular formula is C16H23BrN2O. The average molecular weight is 339 g/mol. The first-order chi connectivity index (χ1) is 9.56. The third-order valence-electron chi connectivity index (χ3n) is 4.02. The zero-order valence-electron chi connectivity index (χ0n) is 12.3. The van der Waals surface area contributed by atoms with Crippen LogP contribution in [0.1, 0.15) is 35.7 Å². The minimum Gasteiger partial charge on any atom is -0.351 e. The number of hydrogen-bond donors (Lipinski definition) is 1. The minimum atomic E-state index is 0.0103. The number of hydrogen-bond acceptors (Lipinski definition) is 2. The quantitative estimate of drug-likeness (QED) is 0.914. The van der Waals surface area contributed by atoms with E-state index in [1.165, 1.54) is 12.8 Å². The molecule has 4 heteroatoms. The SMILES string of the molecule is Cc1ccc(C(=O)NCCN2CCC(C)CC2)cc1Br. The van der Waals surface area contributed by atoms with Crippen molar-refractivity contribution >= 4 is 21.8 Å². The van der Waals surface area contributed by atoms with Gasteiger partial charge in [0.15, 0.2) is 0 Å². The first-order valence-electron chi connectivity index (χ1n) is 7.33. The molecule has 0 spiro atoms. The van der Waals surface area contributed by atoms with Crippen LogP contribution in [-0.2, 0) is 0 Å². The molecule has 0 saturated carbocycles. The maximum Gasteiger partial charge on any atom is 0.251 e. The van der Waals surface area contributed by atoms with Crippen molar-refractivity contribution in [3.05, 3.63) is 33.8 Å². The lowest BCUT2D eigenvalue weighted by Gasteiger charge is -2.30. The molecule has 0 atom stereocenters. The van der Waals surface area contributed by atoms with Gasteiger partial charge in [0.2, 0.25) is 0 Å². The molecule has 1 aromatic carbocycles. The van der Waals surface area contributed by atoms with E-state index in [0.29, 0.717) is 0 Å². The average Bonchev–Trinajstić information content (AvgIpc) is 2.44. The van der Waals surface area contributed by atoms with Crippen LogP contribution in [0.4, 0.5) is 0 Å². The number of carbonyl (C=O) groups is 1. The highest BCUT2D eigenvalue weighted by atomic mass is 79.9. The molecule has 20 heavy (non-hydrogen) atoms. The van der Waals surface area contributed by atoms with Gasteiger partial charge < -0.3 is 10.2 Å². The molecule has 0 bridgehead atoms. The maximum absolute atomic E-state index is 12.1. The van der Waals surface area contributed by atoms with Crippen LogP contribution < -0.4 is 5.32 Å².